The molecule has 0 radical (unpaired) electrons. The molecule has 1 saturated heterocycles. The van der Waals surface area contributed by atoms with Gasteiger partial charge in [-0.2, -0.15) is 0 Å². The van der Waals surface area contributed by atoms with Crippen LogP contribution in [0.4, 0.5) is 5.69 Å². The lowest BCUT2D eigenvalue weighted by molar-refractivity contribution is -0.127. The Bertz CT molecular complexity index is 1890. The van der Waals surface area contributed by atoms with Crippen molar-refractivity contribution >= 4 is 44.8 Å². The maximum atomic E-state index is 15.5. The number of rotatable bonds is 11. The fourth-order valence-corrected chi connectivity index (χ4v) is 8.40. The van der Waals surface area contributed by atoms with Crippen molar-refractivity contribution in [1.82, 2.24) is 15.2 Å². The number of methoxy groups -OCH3 is 2. The van der Waals surface area contributed by atoms with Crippen LogP contribution in [0.2, 0.25) is 10.0 Å². The largest absolute Gasteiger partial charge is 0.497 e. The van der Waals surface area contributed by atoms with Gasteiger partial charge in [-0.1, -0.05) is 43.1 Å². The molecule has 2 aliphatic rings. The minimum atomic E-state index is -4.48. The first-order chi connectivity index (χ1) is 22.5. The average molecular weight is 700 g/mol. The van der Waals surface area contributed by atoms with Crippen molar-refractivity contribution in [1.29, 1.82) is 0 Å². The first-order valence-electron chi connectivity index (χ1n) is 15.3. The summed E-state index contributed by atoms with van der Waals surface area (Å²) in [6, 6.07) is 14.1. The summed E-state index contributed by atoms with van der Waals surface area (Å²) in [7, 11) is -1.46. The van der Waals surface area contributed by atoms with E-state index in [2.05, 4.69) is 24.1 Å². The van der Waals surface area contributed by atoms with Gasteiger partial charge in [-0.05, 0) is 79.4 Å². The summed E-state index contributed by atoms with van der Waals surface area (Å²) >= 11 is 13.3. The molecule has 248 valence electrons. The Morgan fingerprint density at radius 3 is 2.45 bits per heavy atom. The average Bonchev–Trinajstić information content (AvgIpc) is 3.81. The molecule has 1 fully saturated rings. The van der Waals surface area contributed by atoms with Crippen molar-refractivity contribution in [2.75, 3.05) is 31.6 Å². The Morgan fingerprint density at radius 2 is 1.79 bits per heavy atom. The van der Waals surface area contributed by atoms with E-state index in [1.807, 2.05) is 23.1 Å². The van der Waals surface area contributed by atoms with Gasteiger partial charge in [0, 0.05) is 24.2 Å². The number of nitrogens with one attached hydrogen (secondary N) is 1. The first-order valence-corrected chi connectivity index (χ1v) is 17.5. The molecule has 1 N–H and O–H groups in total. The second-order valence-electron chi connectivity index (χ2n) is 12.0. The maximum Gasteiger partial charge on any atom is 0.271 e. The van der Waals surface area contributed by atoms with Crippen LogP contribution in [0, 0.1) is 5.92 Å². The first kappa shape index (κ1) is 33.3. The number of carbonyl (C=O) groups is 1. The molecule has 3 aromatic carbocycles. The molecule has 0 spiro atoms. The summed E-state index contributed by atoms with van der Waals surface area (Å²) in [5, 5.41) is 3.74. The molecule has 1 amide bonds. The lowest BCUT2D eigenvalue weighted by Crippen LogP contribution is -2.54. The highest BCUT2D eigenvalue weighted by molar-refractivity contribution is 7.93. The normalized spacial score (nSPS) is 19.9. The number of oxazole rings is 1. The van der Waals surface area contributed by atoms with Gasteiger partial charge >= 0.3 is 0 Å². The number of halogens is 2. The van der Waals surface area contributed by atoms with Crippen LogP contribution in [0.5, 0.6) is 11.5 Å². The minimum Gasteiger partial charge on any atom is -0.497 e. The number of nitrogens with zero attached hydrogens (tertiary/aromatic N) is 3. The Balaban J connectivity index is 1.65. The molecule has 2 atom stereocenters. The molecule has 6 rings (SSSR count). The van der Waals surface area contributed by atoms with Gasteiger partial charge in [0.15, 0.2) is 5.54 Å². The second-order valence-corrected chi connectivity index (χ2v) is 14.6. The molecule has 0 bridgehead atoms. The molecule has 13 heteroatoms. The lowest BCUT2D eigenvalue weighted by atomic mass is 9.80. The smallest absolute Gasteiger partial charge is 0.271 e. The van der Waals surface area contributed by atoms with Crippen LogP contribution in [-0.2, 0) is 26.9 Å². The third-order valence-electron chi connectivity index (χ3n) is 8.69. The van der Waals surface area contributed by atoms with Crippen LogP contribution in [0.1, 0.15) is 55.3 Å². The van der Waals surface area contributed by atoms with Crippen molar-refractivity contribution in [3.8, 4) is 11.5 Å². The maximum absolute atomic E-state index is 15.5. The Hall–Kier alpha value is -3.61. The molecule has 0 aliphatic carbocycles. The van der Waals surface area contributed by atoms with E-state index in [-0.39, 0.29) is 20.6 Å². The molecule has 47 heavy (non-hydrogen) atoms. The molecule has 3 heterocycles. The summed E-state index contributed by atoms with van der Waals surface area (Å²) in [5.74, 6) is 1.01. The predicted molar refractivity (Wildman–Crippen MR) is 180 cm³/mol. The van der Waals surface area contributed by atoms with Gasteiger partial charge in [-0.3, -0.25) is 9.69 Å². The molecular formula is C34H36Cl2N4O6S. The molecule has 1 unspecified atom stereocenters. The Labute approximate surface area is 284 Å². The van der Waals surface area contributed by atoms with Gasteiger partial charge in [0.2, 0.25) is 5.89 Å². The molecule has 2 aliphatic heterocycles. The van der Waals surface area contributed by atoms with E-state index in [4.69, 9.17) is 37.1 Å². The van der Waals surface area contributed by atoms with E-state index in [9.17, 15) is 8.42 Å². The monoisotopic (exact) mass is 698 g/mol. The van der Waals surface area contributed by atoms with Crippen molar-refractivity contribution in [2.45, 2.75) is 49.7 Å². The zero-order valence-corrected chi connectivity index (χ0v) is 28.8. The number of anilines is 1. The summed E-state index contributed by atoms with van der Waals surface area (Å²) < 4.78 is 47.0. The Kier molecular flexibility index (Phi) is 9.30. The summed E-state index contributed by atoms with van der Waals surface area (Å²) in [5.41, 5.74) is 0.0950. The number of aromatic nitrogens is 1. The summed E-state index contributed by atoms with van der Waals surface area (Å²) in [6.45, 7) is 5.98. The van der Waals surface area contributed by atoms with Gasteiger partial charge in [0.05, 0.1) is 47.1 Å². The summed E-state index contributed by atoms with van der Waals surface area (Å²) in [4.78, 5) is 21.8. The second kappa shape index (κ2) is 13.1. The molecular weight excluding hydrogens is 663 g/mol. The highest BCUT2D eigenvalue weighted by Crippen LogP contribution is 2.57. The van der Waals surface area contributed by atoms with Crippen molar-refractivity contribution in [2.24, 2.45) is 5.92 Å². The number of amides is 1. The number of sulfonamides is 1. The number of likely N-dealkylation sites (tertiary alicyclic amines) is 1. The van der Waals surface area contributed by atoms with Gasteiger partial charge in [0.1, 0.15) is 17.8 Å². The van der Waals surface area contributed by atoms with Gasteiger partial charge in [0.25, 0.3) is 15.9 Å². The fraction of sp³-hybridized carbons (Fsp3) is 0.353. The van der Waals surface area contributed by atoms with E-state index in [0.717, 1.165) is 16.4 Å². The van der Waals surface area contributed by atoms with Crippen molar-refractivity contribution in [3.05, 3.63) is 99.7 Å². The van der Waals surface area contributed by atoms with Crippen LogP contribution in [0.25, 0.3) is 0 Å². The molecule has 0 saturated carbocycles. The van der Waals surface area contributed by atoms with Gasteiger partial charge in [-0.15, -0.1) is 0 Å². The highest BCUT2D eigenvalue weighted by atomic mass is 35.5. The number of hydrogen-bond acceptors (Lipinski definition) is 9. The van der Waals surface area contributed by atoms with E-state index < -0.39 is 27.5 Å². The van der Waals surface area contributed by atoms with Gasteiger partial charge in [-0.25, -0.2) is 17.7 Å². The number of carbonyl (C=O) groups excluding carboxylic acids is 1. The zero-order chi connectivity index (χ0) is 33.5. The van der Waals surface area contributed by atoms with E-state index in [0.29, 0.717) is 60.4 Å². The van der Waals surface area contributed by atoms with Crippen LogP contribution in [0.15, 0.2) is 76.4 Å². The third-order valence-corrected chi connectivity index (χ3v) is 11.1. The van der Waals surface area contributed by atoms with Crippen LogP contribution in [0.3, 0.4) is 0 Å². The number of benzene rings is 3. The minimum absolute atomic E-state index is 0.0938. The molecule has 10 nitrogen and oxygen atoms in total. The number of hydrogen-bond donors (Lipinski definition) is 1. The van der Waals surface area contributed by atoms with E-state index in [1.54, 1.807) is 12.3 Å². The van der Waals surface area contributed by atoms with E-state index in [1.165, 1.54) is 50.8 Å². The third kappa shape index (κ3) is 5.67. The van der Waals surface area contributed by atoms with Crippen molar-refractivity contribution in [3.63, 3.8) is 0 Å². The summed E-state index contributed by atoms with van der Waals surface area (Å²) in [6.07, 6.45) is 4.36. The van der Waals surface area contributed by atoms with Gasteiger partial charge < -0.3 is 19.2 Å². The van der Waals surface area contributed by atoms with Crippen LogP contribution in [-0.4, -0.2) is 51.5 Å². The number of ether oxygens (including phenoxy) is 2. The topological polar surface area (TPSA) is 114 Å². The fourth-order valence-electron chi connectivity index (χ4n) is 6.63. The Morgan fingerprint density at radius 1 is 1.04 bits per heavy atom. The predicted octanol–water partition coefficient (Wildman–Crippen LogP) is 6.56. The SMILES string of the molecule is COc1ccc(S(=O)(=O)N2C(=O)C(c3cc(CNCC(C)C)ccc3OC)(N3CCC[C@H]3c3ncco3)c3cc(Cl)c(Cl)cc32)cc1. The van der Waals surface area contributed by atoms with Crippen LogP contribution < -0.4 is 19.1 Å². The van der Waals surface area contributed by atoms with Crippen molar-refractivity contribution < 1.29 is 27.1 Å². The van der Waals surface area contributed by atoms with E-state index >= 15 is 4.79 Å². The molecule has 4 aromatic rings. The standard InChI is InChI=1S/C34H36Cl2N4O6S/c1-21(2)19-37-20-22-7-12-31(45-4)26(16-22)34(39-14-5-6-29(39)32-38-13-15-46-32)25-17-27(35)28(36)18-30(25)40(33(34)41)47(42,43)24-10-8-23(44-3)9-11-24/h7-13,15-18,21,29,37H,5-6,14,19-20H2,1-4H3/t29-,34?/m0/s1. The zero-order valence-electron chi connectivity index (χ0n) is 26.5. The highest BCUT2D eigenvalue weighted by Gasteiger charge is 2.63. The quantitative estimate of drug-likeness (QED) is 0.186. The lowest BCUT2D eigenvalue weighted by Gasteiger charge is -2.41. The molecule has 1 aromatic heterocycles. The van der Waals surface area contributed by atoms with Crippen LogP contribution >= 0.6 is 23.2 Å². The number of fused-ring (bicyclic) bond motifs is 1.